The second-order valence-electron chi connectivity index (χ2n) is 7.98. The van der Waals surface area contributed by atoms with Crippen LogP contribution >= 0.6 is 0 Å². The van der Waals surface area contributed by atoms with Crippen LogP contribution in [0.1, 0.15) is 29.7 Å². The maximum Gasteiger partial charge on any atom is 0.126 e. The Bertz CT molecular complexity index is 871. The zero-order valence-corrected chi connectivity index (χ0v) is 17.0. The Kier molecular flexibility index (Phi) is 5.86. The smallest absolute Gasteiger partial charge is 0.126 e. The van der Waals surface area contributed by atoms with Crippen molar-refractivity contribution in [1.29, 1.82) is 0 Å². The van der Waals surface area contributed by atoms with E-state index in [1.54, 1.807) is 7.11 Å². The van der Waals surface area contributed by atoms with Crippen LogP contribution in [0.2, 0.25) is 0 Å². The van der Waals surface area contributed by atoms with Crippen molar-refractivity contribution in [3.8, 4) is 12.3 Å². The van der Waals surface area contributed by atoms with Gasteiger partial charge in [0.2, 0.25) is 0 Å². The second kappa shape index (κ2) is 8.54. The fourth-order valence-electron chi connectivity index (χ4n) is 4.87. The van der Waals surface area contributed by atoms with Crippen molar-refractivity contribution in [2.75, 3.05) is 38.7 Å². The van der Waals surface area contributed by atoms with Gasteiger partial charge in [-0.05, 0) is 43.5 Å². The summed E-state index contributed by atoms with van der Waals surface area (Å²) in [5.41, 5.74) is 1.86. The van der Waals surface area contributed by atoms with Crippen LogP contribution in [0.3, 0.4) is 0 Å². The first kappa shape index (κ1) is 19.9. The second-order valence-corrected chi connectivity index (χ2v) is 7.98. The number of nitrogens with one attached hydrogen (secondary N) is 1. The molecule has 2 atom stereocenters. The van der Waals surface area contributed by atoms with Gasteiger partial charge in [-0.25, -0.2) is 4.98 Å². The van der Waals surface area contributed by atoms with E-state index in [1.807, 2.05) is 30.3 Å². The Morgan fingerprint density at radius 2 is 2.00 bits per heavy atom. The maximum atomic E-state index is 12.0. The molecule has 2 N–H and O–H groups in total. The van der Waals surface area contributed by atoms with Crippen molar-refractivity contribution in [2.24, 2.45) is 5.92 Å². The highest BCUT2D eigenvalue weighted by atomic mass is 16.5. The first-order valence-corrected chi connectivity index (χ1v) is 10.4. The van der Waals surface area contributed by atoms with Crippen LogP contribution in [0.4, 0.5) is 5.82 Å². The molecule has 5 heteroatoms. The molecule has 0 radical (unpaired) electrons. The van der Waals surface area contributed by atoms with Gasteiger partial charge in [0.15, 0.2) is 0 Å². The molecule has 0 aliphatic carbocycles. The average molecular weight is 392 g/mol. The van der Waals surface area contributed by atoms with Crippen LogP contribution in [0.25, 0.3) is 0 Å². The predicted molar refractivity (Wildman–Crippen MR) is 115 cm³/mol. The van der Waals surface area contributed by atoms with Gasteiger partial charge in [0.25, 0.3) is 0 Å². The SMILES string of the molecule is C#CC1N2CCC(CC2)C1(O)c1ccc(NCCOC)nc1Cc1ccccc1. The number of rotatable bonds is 7. The molecule has 5 nitrogen and oxygen atoms in total. The lowest BCUT2D eigenvalue weighted by molar-refractivity contribution is -0.143. The lowest BCUT2D eigenvalue weighted by atomic mass is 9.66. The van der Waals surface area contributed by atoms with Gasteiger partial charge in [-0.1, -0.05) is 42.3 Å². The fourth-order valence-corrected chi connectivity index (χ4v) is 4.87. The number of anilines is 1. The van der Waals surface area contributed by atoms with Crippen LogP contribution in [0.15, 0.2) is 42.5 Å². The molecule has 1 aromatic heterocycles. The minimum absolute atomic E-state index is 0.164. The Balaban J connectivity index is 1.74. The summed E-state index contributed by atoms with van der Waals surface area (Å²) in [5, 5.41) is 15.3. The van der Waals surface area contributed by atoms with Gasteiger partial charge in [0.05, 0.1) is 12.3 Å². The van der Waals surface area contributed by atoms with E-state index in [0.29, 0.717) is 19.6 Å². The third-order valence-corrected chi connectivity index (χ3v) is 6.32. The van der Waals surface area contributed by atoms with Gasteiger partial charge >= 0.3 is 0 Å². The summed E-state index contributed by atoms with van der Waals surface area (Å²) in [7, 11) is 1.68. The molecule has 0 spiro atoms. The molecule has 4 heterocycles. The summed E-state index contributed by atoms with van der Waals surface area (Å²) in [6.07, 6.45) is 8.50. The van der Waals surface area contributed by atoms with E-state index in [2.05, 4.69) is 28.3 Å². The zero-order valence-electron chi connectivity index (χ0n) is 17.0. The zero-order chi connectivity index (χ0) is 20.3. The lowest BCUT2D eigenvalue weighted by Crippen LogP contribution is -2.63. The van der Waals surface area contributed by atoms with Crippen LogP contribution in [0, 0.1) is 18.3 Å². The molecule has 3 aliphatic rings. The minimum atomic E-state index is -1.06. The highest BCUT2D eigenvalue weighted by Crippen LogP contribution is 2.47. The largest absolute Gasteiger partial charge is 0.383 e. The van der Waals surface area contributed by atoms with Crippen molar-refractivity contribution in [3.63, 3.8) is 0 Å². The summed E-state index contributed by atoms with van der Waals surface area (Å²) in [4.78, 5) is 7.15. The van der Waals surface area contributed by atoms with Gasteiger partial charge in [-0.15, -0.1) is 6.42 Å². The van der Waals surface area contributed by atoms with Crippen molar-refractivity contribution in [2.45, 2.75) is 30.9 Å². The summed E-state index contributed by atoms with van der Waals surface area (Å²) >= 11 is 0. The molecule has 2 aromatic rings. The van der Waals surface area contributed by atoms with Crippen LogP contribution in [-0.4, -0.2) is 54.4 Å². The molecule has 152 valence electrons. The standard InChI is InChI=1S/C24H29N3O2/c1-3-22-24(28,19-11-14-27(22)15-12-19)20-9-10-23(25-13-16-29-2)26-21(20)17-18-7-5-4-6-8-18/h1,4-10,19,22,28H,11-17H2,2H3,(H,25,26). The molecular formula is C24H29N3O2. The molecule has 3 saturated heterocycles. The van der Waals surface area contributed by atoms with Crippen LogP contribution < -0.4 is 5.32 Å². The topological polar surface area (TPSA) is 57.6 Å². The van der Waals surface area contributed by atoms with Crippen molar-refractivity contribution in [3.05, 3.63) is 59.3 Å². The molecule has 3 fully saturated rings. The number of hydrogen-bond acceptors (Lipinski definition) is 5. The summed E-state index contributed by atoms with van der Waals surface area (Å²) < 4.78 is 5.13. The lowest BCUT2D eigenvalue weighted by Gasteiger charge is -2.54. The number of piperidine rings is 3. The monoisotopic (exact) mass is 391 g/mol. The van der Waals surface area contributed by atoms with E-state index in [-0.39, 0.29) is 12.0 Å². The molecule has 0 amide bonds. The van der Waals surface area contributed by atoms with Crippen LogP contribution in [0.5, 0.6) is 0 Å². The van der Waals surface area contributed by atoms with Gasteiger partial charge in [-0.3, -0.25) is 4.90 Å². The number of fused-ring (bicyclic) bond motifs is 3. The number of aliphatic hydroxyl groups is 1. The maximum absolute atomic E-state index is 12.0. The number of methoxy groups -OCH3 is 1. The Hall–Kier alpha value is -2.39. The Morgan fingerprint density at radius 1 is 1.24 bits per heavy atom. The minimum Gasteiger partial charge on any atom is -0.383 e. The summed E-state index contributed by atoms with van der Waals surface area (Å²) in [5.74, 6) is 3.84. The first-order chi connectivity index (χ1) is 14.2. The number of hydrogen-bond donors (Lipinski definition) is 2. The van der Waals surface area contributed by atoms with E-state index < -0.39 is 5.60 Å². The molecule has 29 heavy (non-hydrogen) atoms. The number of pyridine rings is 1. The van der Waals surface area contributed by atoms with Crippen LogP contribution in [-0.2, 0) is 16.8 Å². The van der Waals surface area contributed by atoms with E-state index in [9.17, 15) is 5.11 Å². The van der Waals surface area contributed by atoms with E-state index in [4.69, 9.17) is 16.1 Å². The van der Waals surface area contributed by atoms with Crippen molar-refractivity contribution >= 4 is 5.82 Å². The molecule has 2 bridgehead atoms. The van der Waals surface area contributed by atoms with Gasteiger partial charge in [-0.2, -0.15) is 0 Å². The number of benzene rings is 1. The average Bonchev–Trinajstić information content (AvgIpc) is 2.75. The molecule has 0 saturated carbocycles. The number of aromatic nitrogens is 1. The Morgan fingerprint density at radius 3 is 2.69 bits per heavy atom. The van der Waals surface area contributed by atoms with E-state index >= 15 is 0 Å². The highest BCUT2D eigenvalue weighted by molar-refractivity contribution is 5.45. The number of terminal acetylenes is 1. The van der Waals surface area contributed by atoms with E-state index in [0.717, 1.165) is 48.6 Å². The normalized spacial score (nSPS) is 28.1. The van der Waals surface area contributed by atoms with E-state index in [1.165, 1.54) is 0 Å². The molecule has 3 aliphatic heterocycles. The fraction of sp³-hybridized carbons (Fsp3) is 0.458. The number of ether oxygens (including phenoxy) is 1. The quantitative estimate of drug-likeness (QED) is 0.561. The Labute approximate surface area is 173 Å². The third-order valence-electron chi connectivity index (χ3n) is 6.32. The third kappa shape index (κ3) is 3.76. The molecule has 5 rings (SSSR count). The van der Waals surface area contributed by atoms with Crippen molar-refractivity contribution < 1.29 is 9.84 Å². The molecule has 1 aromatic carbocycles. The predicted octanol–water partition coefficient (Wildman–Crippen LogP) is 2.65. The molecule has 2 unspecified atom stereocenters. The van der Waals surface area contributed by atoms with Gasteiger partial charge in [0.1, 0.15) is 17.5 Å². The van der Waals surface area contributed by atoms with Gasteiger partial charge in [0, 0.05) is 25.6 Å². The first-order valence-electron chi connectivity index (χ1n) is 10.4. The van der Waals surface area contributed by atoms with Gasteiger partial charge < -0.3 is 15.2 Å². The highest BCUT2D eigenvalue weighted by Gasteiger charge is 2.54. The number of nitrogens with zero attached hydrogens (tertiary/aromatic N) is 2. The summed E-state index contributed by atoms with van der Waals surface area (Å²) in [6.45, 7) is 3.21. The molecular weight excluding hydrogens is 362 g/mol. The summed E-state index contributed by atoms with van der Waals surface area (Å²) in [6, 6.07) is 13.9. The van der Waals surface area contributed by atoms with Crippen molar-refractivity contribution in [1.82, 2.24) is 9.88 Å².